The normalized spacial score (nSPS) is 23.5. The Kier molecular flexibility index (Phi) is 8.27. The van der Waals surface area contributed by atoms with E-state index >= 15 is 0 Å². The van der Waals surface area contributed by atoms with Crippen LogP contribution in [0, 0.1) is 0 Å². The average molecular weight is 614 g/mol. The fourth-order valence-electron chi connectivity index (χ4n) is 4.80. The average Bonchev–Trinajstić information content (AvgIpc) is 3.67. The van der Waals surface area contributed by atoms with Crippen LogP contribution in [0.2, 0.25) is 5.15 Å². The van der Waals surface area contributed by atoms with Crippen LogP contribution in [-0.4, -0.2) is 86.1 Å². The standard InChI is InChI=1S/C12H16ClN4O2P.C10H14N5O4P/c1-20(2,18)9-4-3-8(19-9)5-17-7-16-10-11(13)14-6-15-12(10)17;11-9-8-10(13-4-12-9)15(5-14-8)3-6-1-2-7(19-6)20(16,17)18/h6-9H,3-5H2,1-2H3;4-7H,1-3H2,(H2,11,12,13)(H2,16,17,18). The Bertz CT molecular complexity index is 1490. The van der Waals surface area contributed by atoms with E-state index in [9.17, 15) is 9.13 Å². The lowest BCUT2D eigenvalue weighted by Crippen LogP contribution is -2.17. The van der Waals surface area contributed by atoms with Crippen molar-refractivity contribution in [1.82, 2.24) is 39.0 Å². The minimum absolute atomic E-state index is 0.0411. The topological polar surface area (TPSA) is 206 Å². The van der Waals surface area contributed by atoms with Crippen LogP contribution in [0.1, 0.15) is 25.7 Å². The molecule has 2 aliphatic heterocycles. The summed E-state index contributed by atoms with van der Waals surface area (Å²) in [4.78, 5) is 42.6. The Morgan fingerprint density at radius 1 is 0.850 bits per heavy atom. The van der Waals surface area contributed by atoms with E-state index < -0.39 is 20.6 Å². The summed E-state index contributed by atoms with van der Waals surface area (Å²) in [6.45, 7) is 4.61. The van der Waals surface area contributed by atoms with Gasteiger partial charge in [-0.25, -0.2) is 29.9 Å². The Hall–Kier alpha value is -2.51. The molecule has 4 aromatic heterocycles. The molecule has 0 bridgehead atoms. The number of aromatic nitrogens is 8. The fraction of sp³-hybridized carbons (Fsp3) is 0.545. The number of fused-ring (bicyclic) bond motifs is 2. The van der Waals surface area contributed by atoms with Gasteiger partial charge in [0.25, 0.3) is 0 Å². The van der Waals surface area contributed by atoms with Crippen molar-refractivity contribution in [3.8, 4) is 0 Å². The number of rotatable bonds is 6. The van der Waals surface area contributed by atoms with Gasteiger partial charge in [0.2, 0.25) is 0 Å². The fourth-order valence-corrected chi connectivity index (χ4v) is 7.03. The lowest BCUT2D eigenvalue weighted by molar-refractivity contribution is 0.0621. The Labute approximate surface area is 234 Å². The number of halogens is 1. The van der Waals surface area contributed by atoms with Crippen molar-refractivity contribution in [2.24, 2.45) is 0 Å². The molecule has 4 N–H and O–H groups in total. The van der Waals surface area contributed by atoms with Gasteiger partial charge in [-0.2, -0.15) is 0 Å². The van der Waals surface area contributed by atoms with Gasteiger partial charge in [0, 0.05) is 0 Å². The highest BCUT2D eigenvalue weighted by Crippen LogP contribution is 2.49. The molecule has 2 aliphatic rings. The first-order valence-corrected chi connectivity index (χ1v) is 17.3. The van der Waals surface area contributed by atoms with Crippen molar-refractivity contribution >= 4 is 54.5 Å². The van der Waals surface area contributed by atoms with Crippen molar-refractivity contribution < 1.29 is 28.4 Å². The lowest BCUT2D eigenvalue weighted by Gasteiger charge is -2.17. The molecule has 6 heterocycles. The predicted molar refractivity (Wildman–Crippen MR) is 147 cm³/mol. The maximum Gasteiger partial charge on any atom is 0.354 e. The van der Waals surface area contributed by atoms with Crippen LogP contribution >= 0.6 is 26.3 Å². The minimum Gasteiger partial charge on any atom is -0.382 e. The van der Waals surface area contributed by atoms with E-state index in [2.05, 4.69) is 29.9 Å². The number of hydrogen-bond donors (Lipinski definition) is 3. The zero-order valence-corrected chi connectivity index (χ0v) is 24.4. The Morgan fingerprint density at radius 3 is 1.93 bits per heavy atom. The van der Waals surface area contributed by atoms with E-state index in [1.54, 1.807) is 30.6 Å². The molecule has 0 aliphatic carbocycles. The molecule has 6 rings (SSSR count). The number of nitrogens with zero attached hydrogens (tertiary/aromatic N) is 8. The molecule has 0 amide bonds. The molecule has 0 radical (unpaired) electrons. The maximum absolute atomic E-state index is 12.0. The molecule has 15 nitrogen and oxygen atoms in total. The predicted octanol–water partition coefficient (Wildman–Crippen LogP) is 2.70. The molecule has 4 aromatic rings. The highest BCUT2D eigenvalue weighted by Gasteiger charge is 2.38. The van der Waals surface area contributed by atoms with Gasteiger partial charge < -0.3 is 38.7 Å². The second kappa shape index (κ2) is 11.4. The highest BCUT2D eigenvalue weighted by atomic mass is 35.5. The second-order valence-corrected chi connectivity index (χ2v) is 15.7. The maximum atomic E-state index is 12.0. The monoisotopic (exact) mass is 613 g/mol. The van der Waals surface area contributed by atoms with E-state index in [1.807, 2.05) is 4.57 Å². The van der Waals surface area contributed by atoms with Crippen LogP contribution in [0.5, 0.6) is 0 Å². The van der Waals surface area contributed by atoms with E-state index in [0.717, 1.165) is 12.8 Å². The van der Waals surface area contributed by atoms with Gasteiger partial charge in [-0.05, 0) is 39.0 Å². The molecule has 2 saturated heterocycles. The molecule has 4 atom stereocenters. The van der Waals surface area contributed by atoms with E-state index in [1.165, 1.54) is 12.7 Å². The zero-order chi connectivity index (χ0) is 28.7. The first kappa shape index (κ1) is 29.0. The number of anilines is 1. The first-order chi connectivity index (χ1) is 18.9. The lowest BCUT2D eigenvalue weighted by atomic mass is 10.2. The summed E-state index contributed by atoms with van der Waals surface area (Å²) in [5.74, 6) is -0.836. The van der Waals surface area contributed by atoms with Gasteiger partial charge in [0.15, 0.2) is 28.1 Å². The van der Waals surface area contributed by atoms with Gasteiger partial charge in [0.1, 0.15) is 36.7 Å². The van der Waals surface area contributed by atoms with Crippen LogP contribution in [0.3, 0.4) is 0 Å². The Morgan fingerprint density at radius 2 is 1.38 bits per heavy atom. The van der Waals surface area contributed by atoms with Gasteiger partial charge in [-0.3, -0.25) is 4.57 Å². The Balaban J connectivity index is 0.000000161. The highest BCUT2D eigenvalue weighted by molar-refractivity contribution is 7.62. The van der Waals surface area contributed by atoms with Gasteiger partial charge >= 0.3 is 7.60 Å². The van der Waals surface area contributed by atoms with Gasteiger partial charge in [0.05, 0.1) is 38.0 Å². The SMILES string of the molecule is CP(C)(=O)C1CCC(Cn2cnc3c(Cl)ncnc32)O1.Nc1ncnc2c1ncn2CC1CCC(P(=O)(O)O)O1. The summed E-state index contributed by atoms with van der Waals surface area (Å²) in [5.41, 5.74) is 8.09. The molecule has 2 fully saturated rings. The van der Waals surface area contributed by atoms with Crippen LogP contribution in [0.25, 0.3) is 22.3 Å². The van der Waals surface area contributed by atoms with Crippen LogP contribution in [-0.2, 0) is 31.7 Å². The number of nitrogens with two attached hydrogens (primary N) is 1. The summed E-state index contributed by atoms with van der Waals surface area (Å²) >= 11 is 5.97. The first-order valence-electron chi connectivity index (χ1n) is 12.5. The molecular weight excluding hydrogens is 584 g/mol. The molecule has 0 spiro atoms. The largest absolute Gasteiger partial charge is 0.382 e. The summed E-state index contributed by atoms with van der Waals surface area (Å²) in [5, 5.41) is 0.352. The van der Waals surface area contributed by atoms with E-state index in [4.69, 9.17) is 36.6 Å². The van der Waals surface area contributed by atoms with Crippen LogP contribution in [0.4, 0.5) is 5.82 Å². The van der Waals surface area contributed by atoms with Crippen molar-refractivity contribution in [3.05, 3.63) is 30.5 Å². The molecule has 40 heavy (non-hydrogen) atoms. The van der Waals surface area contributed by atoms with E-state index in [-0.39, 0.29) is 18.1 Å². The summed E-state index contributed by atoms with van der Waals surface area (Å²) in [6.07, 6.45) is 8.47. The number of imidazole rings is 2. The summed E-state index contributed by atoms with van der Waals surface area (Å²) < 4.78 is 38.1. The number of hydrogen-bond acceptors (Lipinski definition) is 11. The van der Waals surface area contributed by atoms with Gasteiger partial charge in [-0.15, -0.1) is 0 Å². The minimum atomic E-state index is -4.19. The molecular formula is C22H30ClN9O6P2. The second-order valence-electron chi connectivity index (χ2n) is 10.2. The summed E-state index contributed by atoms with van der Waals surface area (Å²) in [7, 11) is -6.38. The van der Waals surface area contributed by atoms with Crippen LogP contribution in [0.15, 0.2) is 25.3 Å². The molecule has 0 aromatic carbocycles. The molecule has 216 valence electrons. The number of nitrogen functional groups attached to an aromatic ring is 1. The zero-order valence-electron chi connectivity index (χ0n) is 21.8. The van der Waals surface area contributed by atoms with E-state index in [0.29, 0.717) is 59.2 Å². The van der Waals surface area contributed by atoms with Crippen molar-refractivity contribution in [1.29, 1.82) is 0 Å². The third-order valence-corrected chi connectivity index (χ3v) is 10.00. The smallest absolute Gasteiger partial charge is 0.354 e. The quantitative estimate of drug-likeness (QED) is 0.211. The third kappa shape index (κ3) is 6.36. The van der Waals surface area contributed by atoms with Gasteiger partial charge in [-0.1, -0.05) is 11.6 Å². The van der Waals surface area contributed by atoms with Crippen molar-refractivity contribution in [2.75, 3.05) is 19.1 Å². The number of ether oxygens (including phenoxy) is 2. The molecule has 4 unspecified atom stereocenters. The van der Waals surface area contributed by atoms with Crippen molar-refractivity contribution in [3.63, 3.8) is 0 Å². The molecule has 18 heteroatoms. The molecule has 0 saturated carbocycles. The summed E-state index contributed by atoms with van der Waals surface area (Å²) in [6, 6.07) is 0. The third-order valence-electron chi connectivity index (χ3n) is 6.83. The van der Waals surface area contributed by atoms with Crippen LogP contribution < -0.4 is 5.73 Å². The van der Waals surface area contributed by atoms with Crippen molar-refractivity contribution in [2.45, 2.75) is 62.7 Å².